The molecule has 10 aromatic rings. The van der Waals surface area contributed by atoms with E-state index in [9.17, 15) is 0 Å². The molecule has 1 aliphatic carbocycles. The van der Waals surface area contributed by atoms with Crippen molar-refractivity contribution in [3.05, 3.63) is 182 Å². The Morgan fingerprint density at radius 2 is 1.02 bits per heavy atom. The summed E-state index contributed by atoms with van der Waals surface area (Å²) in [4.78, 5) is 8.75. The molecule has 0 N–H and O–H groups in total. The van der Waals surface area contributed by atoms with Crippen LogP contribution in [0.15, 0.2) is 186 Å². The molecule has 0 unspecified atom stereocenters. The quantitative estimate of drug-likeness (QED) is 0.173. The second-order valence-corrected chi connectivity index (χ2v) is 14.5. The molecule has 2 heterocycles. The van der Waals surface area contributed by atoms with Gasteiger partial charge in [-0.25, -0.2) is 4.98 Å². The van der Waals surface area contributed by atoms with Crippen molar-refractivity contribution in [3.8, 4) is 54.5 Å². The van der Waals surface area contributed by atoms with Crippen LogP contribution >= 0.6 is 11.3 Å². The summed E-state index contributed by atoms with van der Waals surface area (Å²) in [6, 6.07) is 64.8. The smallest absolute Gasteiger partial charge is 0.135 e. The highest BCUT2D eigenvalue weighted by molar-refractivity contribution is 7.19. The Kier molecular flexibility index (Phi) is 6.73. The Bertz CT molecular complexity index is 2950. The second-order valence-electron chi connectivity index (χ2n) is 13.5. The number of rotatable bonds is 6. The van der Waals surface area contributed by atoms with Crippen LogP contribution in [-0.2, 0) is 0 Å². The number of nitrogens with zero attached hydrogens (tertiary/aromatic N) is 2. The Labute approximate surface area is 310 Å². The largest absolute Gasteiger partial charge is 0.456 e. The van der Waals surface area contributed by atoms with Crippen LogP contribution < -0.4 is 4.90 Å². The van der Waals surface area contributed by atoms with Gasteiger partial charge in [-0.15, -0.1) is 11.3 Å². The predicted octanol–water partition coefficient (Wildman–Crippen LogP) is 14.3. The van der Waals surface area contributed by atoms with E-state index >= 15 is 0 Å². The van der Waals surface area contributed by atoms with Crippen LogP contribution in [0.25, 0.3) is 87.2 Å². The Morgan fingerprint density at radius 1 is 0.415 bits per heavy atom. The zero-order valence-corrected chi connectivity index (χ0v) is 29.3. The molecule has 4 heteroatoms. The van der Waals surface area contributed by atoms with Gasteiger partial charge >= 0.3 is 0 Å². The van der Waals surface area contributed by atoms with Crippen molar-refractivity contribution in [2.45, 2.75) is 0 Å². The summed E-state index contributed by atoms with van der Waals surface area (Å²) in [5.41, 5.74) is 14.6. The van der Waals surface area contributed by atoms with E-state index in [1.807, 2.05) is 12.1 Å². The van der Waals surface area contributed by atoms with Crippen LogP contribution in [0, 0.1) is 0 Å². The van der Waals surface area contributed by atoms with Crippen molar-refractivity contribution < 1.29 is 4.42 Å². The summed E-state index contributed by atoms with van der Waals surface area (Å²) in [6.07, 6.45) is 0. The van der Waals surface area contributed by atoms with Gasteiger partial charge < -0.3 is 9.32 Å². The van der Waals surface area contributed by atoms with Crippen LogP contribution in [0.2, 0.25) is 0 Å². The molecule has 0 spiro atoms. The Hall–Kier alpha value is -6.75. The van der Waals surface area contributed by atoms with E-state index in [1.165, 1.54) is 49.0 Å². The number of thiazole rings is 1. The lowest BCUT2D eigenvalue weighted by molar-refractivity contribution is 0.669. The summed E-state index contributed by atoms with van der Waals surface area (Å²) in [5.74, 6) is 0. The van der Waals surface area contributed by atoms with Gasteiger partial charge in [-0.05, 0) is 76.2 Å². The molecule has 248 valence electrons. The van der Waals surface area contributed by atoms with Gasteiger partial charge in [-0.1, -0.05) is 133 Å². The zero-order valence-electron chi connectivity index (χ0n) is 28.5. The lowest BCUT2D eigenvalue weighted by Gasteiger charge is -2.26. The molecule has 3 nitrogen and oxygen atoms in total. The lowest BCUT2D eigenvalue weighted by Crippen LogP contribution is -2.09. The molecule has 0 aliphatic heterocycles. The first-order valence-electron chi connectivity index (χ1n) is 17.9. The van der Waals surface area contributed by atoms with Crippen molar-refractivity contribution in [2.75, 3.05) is 4.90 Å². The van der Waals surface area contributed by atoms with Crippen LogP contribution in [0.1, 0.15) is 0 Å². The van der Waals surface area contributed by atoms with Crippen molar-refractivity contribution >= 4 is 61.1 Å². The van der Waals surface area contributed by atoms with E-state index in [2.05, 4.69) is 175 Å². The van der Waals surface area contributed by atoms with E-state index in [0.717, 1.165) is 55.3 Å². The maximum absolute atomic E-state index is 6.20. The molecule has 1 aliphatic rings. The van der Waals surface area contributed by atoms with Gasteiger partial charge in [0.1, 0.15) is 16.2 Å². The van der Waals surface area contributed by atoms with Crippen molar-refractivity contribution in [2.24, 2.45) is 0 Å². The highest BCUT2D eigenvalue weighted by atomic mass is 32.1. The second kappa shape index (κ2) is 11.9. The molecule has 0 amide bonds. The minimum Gasteiger partial charge on any atom is -0.456 e. The summed E-state index contributed by atoms with van der Waals surface area (Å²) >= 11 is 1.79. The molecular weight excluding hydrogens is 665 g/mol. The fraction of sp³-hybridized carbons (Fsp3) is 0. The van der Waals surface area contributed by atoms with Crippen molar-refractivity contribution in [3.63, 3.8) is 0 Å². The first kappa shape index (κ1) is 29.9. The molecule has 0 atom stereocenters. The summed E-state index contributed by atoms with van der Waals surface area (Å²) in [5, 5.41) is 5.84. The van der Waals surface area contributed by atoms with Gasteiger partial charge in [0.2, 0.25) is 0 Å². The number of aromatic nitrogens is 1. The number of para-hydroxylation sites is 1. The summed E-state index contributed by atoms with van der Waals surface area (Å²) in [7, 11) is 0. The molecule has 11 rings (SSSR count). The zero-order chi connectivity index (χ0) is 34.9. The van der Waals surface area contributed by atoms with Gasteiger partial charge in [0, 0.05) is 49.9 Å². The Balaban J connectivity index is 1.00. The average Bonchev–Trinajstić information content (AvgIpc) is 3.92. The van der Waals surface area contributed by atoms with Gasteiger partial charge in [-0.3, -0.25) is 0 Å². The third-order valence-corrected chi connectivity index (χ3v) is 11.6. The molecule has 2 aromatic heterocycles. The fourth-order valence-electron chi connectivity index (χ4n) is 7.96. The molecule has 0 radical (unpaired) electrons. The minimum absolute atomic E-state index is 0.887. The molecular formula is C49H30N2OS. The normalized spacial score (nSPS) is 11.8. The molecule has 8 aromatic carbocycles. The predicted molar refractivity (Wildman–Crippen MR) is 222 cm³/mol. The third-order valence-electron chi connectivity index (χ3n) is 10.5. The van der Waals surface area contributed by atoms with Crippen molar-refractivity contribution in [1.82, 2.24) is 4.98 Å². The first-order chi connectivity index (χ1) is 26.3. The molecule has 0 bridgehead atoms. The number of furan rings is 1. The van der Waals surface area contributed by atoms with Crippen LogP contribution in [0.5, 0.6) is 0 Å². The van der Waals surface area contributed by atoms with Crippen molar-refractivity contribution in [1.29, 1.82) is 0 Å². The number of benzene rings is 8. The standard InChI is InChI=1S/C49H30N2OS/c1-3-10-31(11-4-1)32-18-22-35(23-19-32)51(37-26-29-45-43(30-37)39-14-7-8-17-44(39)52-45)36-24-20-33(21-25-36)38-27-28-42-46-40(38)15-9-16-41(46)47-48(42)53-49(50-47)34-12-5-2-6-13-34/h1-30H. The average molecular weight is 695 g/mol. The lowest BCUT2D eigenvalue weighted by atomic mass is 9.94. The Morgan fingerprint density at radius 3 is 1.79 bits per heavy atom. The molecule has 0 fully saturated rings. The van der Waals surface area contributed by atoms with E-state index in [1.54, 1.807) is 11.3 Å². The fourth-order valence-corrected chi connectivity index (χ4v) is 9.07. The highest BCUT2D eigenvalue weighted by Crippen LogP contribution is 2.53. The molecule has 0 saturated carbocycles. The monoisotopic (exact) mass is 694 g/mol. The SMILES string of the molecule is c1ccc(-c2ccc(N(c3ccc(-c4ccc5c6c(cccc46)-c4nc(-c6ccccc6)sc4-5)cc3)c3ccc4oc5ccccc5c4c3)cc2)cc1. The first-order valence-corrected chi connectivity index (χ1v) is 18.7. The van der Waals surface area contributed by atoms with Gasteiger partial charge in [0.25, 0.3) is 0 Å². The van der Waals surface area contributed by atoms with E-state index in [4.69, 9.17) is 9.40 Å². The van der Waals surface area contributed by atoms with E-state index in [-0.39, 0.29) is 0 Å². The van der Waals surface area contributed by atoms with Gasteiger partial charge in [-0.2, -0.15) is 0 Å². The third kappa shape index (κ3) is 4.84. The molecule has 0 saturated heterocycles. The van der Waals surface area contributed by atoms with E-state index in [0.29, 0.717) is 0 Å². The maximum atomic E-state index is 6.20. The van der Waals surface area contributed by atoms with Crippen LogP contribution in [0.4, 0.5) is 17.1 Å². The summed E-state index contributed by atoms with van der Waals surface area (Å²) in [6.45, 7) is 0. The number of fused-ring (bicyclic) bond motifs is 6. The highest BCUT2D eigenvalue weighted by Gasteiger charge is 2.27. The van der Waals surface area contributed by atoms with Crippen LogP contribution in [-0.4, -0.2) is 4.98 Å². The number of anilines is 3. The summed E-state index contributed by atoms with van der Waals surface area (Å²) < 4.78 is 6.20. The number of hydrogen-bond acceptors (Lipinski definition) is 4. The van der Waals surface area contributed by atoms with Gasteiger partial charge in [0.05, 0.1) is 10.6 Å². The molecule has 53 heavy (non-hydrogen) atoms. The number of hydrogen-bond donors (Lipinski definition) is 0. The minimum atomic E-state index is 0.887. The maximum Gasteiger partial charge on any atom is 0.135 e. The van der Waals surface area contributed by atoms with E-state index < -0.39 is 0 Å². The topological polar surface area (TPSA) is 29.3 Å². The van der Waals surface area contributed by atoms with Gasteiger partial charge in [0.15, 0.2) is 0 Å². The van der Waals surface area contributed by atoms with Crippen LogP contribution in [0.3, 0.4) is 0 Å².